The predicted molar refractivity (Wildman–Crippen MR) is 67.0 cm³/mol. The highest BCUT2D eigenvalue weighted by Gasteiger charge is 2.12. The molecule has 19 heavy (non-hydrogen) atoms. The van der Waals surface area contributed by atoms with E-state index in [4.69, 9.17) is 0 Å². The third-order valence-electron chi connectivity index (χ3n) is 2.90. The van der Waals surface area contributed by atoms with Gasteiger partial charge in [0.25, 0.3) is 11.3 Å². The summed E-state index contributed by atoms with van der Waals surface area (Å²) in [4.78, 5) is 32.1. The van der Waals surface area contributed by atoms with Crippen LogP contribution in [0.4, 0.5) is 0 Å². The highest BCUT2D eigenvalue weighted by atomic mass is 16.2. The molecular weight excluding hydrogens is 248 g/mol. The van der Waals surface area contributed by atoms with Crippen molar-refractivity contribution in [2.24, 2.45) is 0 Å². The van der Waals surface area contributed by atoms with Gasteiger partial charge < -0.3 is 0 Å². The van der Waals surface area contributed by atoms with Crippen LogP contribution in [0.1, 0.15) is 0 Å². The molecule has 1 aromatic carbocycles. The van der Waals surface area contributed by atoms with E-state index in [1.807, 2.05) is 24.3 Å². The first-order chi connectivity index (χ1) is 9.24. The molecule has 0 fully saturated rings. The molecule has 0 bridgehead atoms. The summed E-state index contributed by atoms with van der Waals surface area (Å²) in [5.41, 5.74) is 0.643. The van der Waals surface area contributed by atoms with Crippen molar-refractivity contribution in [3.8, 4) is 0 Å². The number of H-pyrrole nitrogens is 2. The second kappa shape index (κ2) is 3.25. The Morgan fingerprint density at radius 1 is 1.05 bits per heavy atom. The minimum absolute atomic E-state index is 0.129. The largest absolute Gasteiger partial charge is 0.327 e. The summed E-state index contributed by atoms with van der Waals surface area (Å²) in [7, 11) is 0. The van der Waals surface area contributed by atoms with Crippen LogP contribution < -0.4 is 11.2 Å². The molecule has 0 saturated carbocycles. The smallest absolute Gasteiger partial charge is 0.289 e. The van der Waals surface area contributed by atoms with E-state index < -0.39 is 11.2 Å². The van der Waals surface area contributed by atoms with Gasteiger partial charge in [0.1, 0.15) is 0 Å². The van der Waals surface area contributed by atoms with Crippen LogP contribution in [0.2, 0.25) is 0 Å². The summed E-state index contributed by atoms with van der Waals surface area (Å²) in [6.07, 6.45) is 0. The van der Waals surface area contributed by atoms with E-state index >= 15 is 0 Å². The van der Waals surface area contributed by atoms with Gasteiger partial charge in [0.2, 0.25) is 0 Å². The number of fused-ring (bicyclic) bond motifs is 5. The van der Waals surface area contributed by atoms with Crippen molar-refractivity contribution >= 4 is 28.0 Å². The van der Waals surface area contributed by atoms with Crippen LogP contribution in [0, 0.1) is 0 Å². The number of nitrogens with one attached hydrogen (secondary N) is 2. The second-order valence-corrected chi connectivity index (χ2v) is 4.04. The molecule has 0 unspecified atom stereocenters. The molecule has 3 heterocycles. The van der Waals surface area contributed by atoms with Crippen LogP contribution >= 0.6 is 0 Å². The van der Waals surface area contributed by atoms with Crippen molar-refractivity contribution in [3.05, 3.63) is 45.1 Å². The van der Waals surface area contributed by atoms with Crippen molar-refractivity contribution in [1.29, 1.82) is 0 Å². The summed E-state index contributed by atoms with van der Waals surface area (Å²) in [5.74, 6) is 0.311. The Morgan fingerprint density at radius 3 is 2.79 bits per heavy atom. The normalized spacial score (nSPS) is 11.6. The fourth-order valence-electron chi connectivity index (χ4n) is 2.14. The molecule has 4 rings (SSSR count). The van der Waals surface area contributed by atoms with E-state index in [0.29, 0.717) is 11.3 Å². The Kier molecular flexibility index (Phi) is 1.70. The lowest BCUT2D eigenvalue weighted by Crippen LogP contribution is -2.24. The number of nitrogens with zero attached hydrogens (tertiary/aromatic N) is 4. The SMILES string of the molecule is O=c1[nH]c(=O)c2c(nnc3nc4ccccc4n32)[nH]1. The zero-order valence-corrected chi connectivity index (χ0v) is 9.41. The van der Waals surface area contributed by atoms with Crippen LogP contribution in [-0.2, 0) is 0 Å². The van der Waals surface area contributed by atoms with Crippen LogP contribution in [0.15, 0.2) is 33.9 Å². The fourth-order valence-corrected chi connectivity index (χ4v) is 2.14. The average Bonchev–Trinajstić information content (AvgIpc) is 2.76. The Morgan fingerprint density at radius 2 is 1.89 bits per heavy atom. The highest BCUT2D eigenvalue weighted by molar-refractivity contribution is 5.85. The van der Waals surface area contributed by atoms with Gasteiger partial charge in [-0.1, -0.05) is 12.1 Å². The van der Waals surface area contributed by atoms with Crippen molar-refractivity contribution < 1.29 is 0 Å². The van der Waals surface area contributed by atoms with E-state index in [1.165, 1.54) is 0 Å². The van der Waals surface area contributed by atoms with Gasteiger partial charge in [-0.05, 0) is 12.1 Å². The maximum absolute atomic E-state index is 12.0. The second-order valence-electron chi connectivity index (χ2n) is 4.04. The Labute approximate surface area is 103 Å². The zero-order chi connectivity index (χ0) is 13.0. The number of rotatable bonds is 0. The van der Waals surface area contributed by atoms with Gasteiger partial charge in [-0.15, -0.1) is 10.2 Å². The molecule has 0 aliphatic carbocycles. The molecule has 0 atom stereocenters. The molecule has 92 valence electrons. The summed E-state index contributed by atoms with van der Waals surface area (Å²) >= 11 is 0. The summed E-state index contributed by atoms with van der Waals surface area (Å²) in [6.45, 7) is 0. The molecule has 0 spiro atoms. The van der Waals surface area contributed by atoms with Crippen molar-refractivity contribution in [3.63, 3.8) is 0 Å². The van der Waals surface area contributed by atoms with Crippen LogP contribution in [0.3, 0.4) is 0 Å². The first kappa shape index (κ1) is 9.95. The first-order valence-electron chi connectivity index (χ1n) is 5.50. The molecule has 0 aliphatic heterocycles. The van der Waals surface area contributed by atoms with E-state index in [1.54, 1.807) is 4.40 Å². The summed E-state index contributed by atoms with van der Waals surface area (Å²) in [6, 6.07) is 7.32. The third-order valence-corrected chi connectivity index (χ3v) is 2.90. The molecule has 0 saturated heterocycles. The van der Waals surface area contributed by atoms with Gasteiger partial charge in [-0.3, -0.25) is 19.2 Å². The van der Waals surface area contributed by atoms with Crippen molar-refractivity contribution in [1.82, 2.24) is 29.5 Å². The number of imidazole rings is 1. The number of aromatic amines is 2. The van der Waals surface area contributed by atoms with Crippen molar-refractivity contribution in [2.45, 2.75) is 0 Å². The van der Waals surface area contributed by atoms with Gasteiger partial charge >= 0.3 is 5.69 Å². The Bertz CT molecular complexity index is 1060. The average molecular weight is 254 g/mol. The van der Waals surface area contributed by atoms with Crippen LogP contribution in [-0.4, -0.2) is 29.5 Å². The Balaban J connectivity index is 2.43. The monoisotopic (exact) mass is 254 g/mol. The quantitative estimate of drug-likeness (QED) is 0.452. The molecule has 0 amide bonds. The molecule has 8 nitrogen and oxygen atoms in total. The number of hydrogen-bond acceptors (Lipinski definition) is 5. The van der Waals surface area contributed by atoms with E-state index in [-0.39, 0.29) is 11.2 Å². The lowest BCUT2D eigenvalue weighted by Gasteiger charge is -1.99. The van der Waals surface area contributed by atoms with Crippen LogP contribution in [0.5, 0.6) is 0 Å². The van der Waals surface area contributed by atoms with Gasteiger partial charge in [0, 0.05) is 0 Å². The van der Waals surface area contributed by atoms with Crippen LogP contribution in [0.25, 0.3) is 28.0 Å². The van der Waals surface area contributed by atoms with E-state index in [2.05, 4.69) is 25.1 Å². The molecule has 4 aromatic rings. The number of aromatic nitrogens is 6. The fraction of sp³-hybridized carbons (Fsp3) is 0. The maximum atomic E-state index is 12.0. The predicted octanol–water partition coefficient (Wildman–Crippen LogP) is -0.193. The molecule has 0 aliphatic rings. The number of benzene rings is 1. The number of para-hydroxylation sites is 2. The van der Waals surface area contributed by atoms with Gasteiger partial charge in [-0.2, -0.15) is 0 Å². The highest BCUT2D eigenvalue weighted by Crippen LogP contribution is 2.16. The Hall–Kier alpha value is -3.03. The first-order valence-corrected chi connectivity index (χ1v) is 5.50. The zero-order valence-electron chi connectivity index (χ0n) is 9.41. The van der Waals surface area contributed by atoms with Crippen molar-refractivity contribution in [2.75, 3.05) is 0 Å². The lowest BCUT2D eigenvalue weighted by molar-refractivity contribution is 0.964. The third kappa shape index (κ3) is 1.25. The van der Waals surface area contributed by atoms with E-state index in [0.717, 1.165) is 5.52 Å². The molecular formula is C11H6N6O2. The maximum Gasteiger partial charge on any atom is 0.327 e. The van der Waals surface area contributed by atoms with Gasteiger partial charge in [0.15, 0.2) is 11.2 Å². The van der Waals surface area contributed by atoms with Gasteiger partial charge in [-0.25, -0.2) is 9.78 Å². The standard InChI is InChI=1S/C11H6N6O2/c18-9-7-8(13-11(19)14-9)15-16-10-12-5-3-1-2-4-6(5)17(7)10/h1-4H,(H2,13,14,18,19). The topological polar surface area (TPSA) is 109 Å². The minimum atomic E-state index is -0.615. The lowest BCUT2D eigenvalue weighted by atomic mass is 10.3. The molecule has 0 radical (unpaired) electrons. The number of hydrogen-bond donors (Lipinski definition) is 2. The van der Waals surface area contributed by atoms with E-state index in [9.17, 15) is 9.59 Å². The molecule has 3 aromatic heterocycles. The molecule has 8 heteroatoms. The van der Waals surface area contributed by atoms with Gasteiger partial charge in [0.05, 0.1) is 11.0 Å². The molecule has 2 N–H and O–H groups in total. The minimum Gasteiger partial charge on any atom is -0.289 e. The summed E-state index contributed by atoms with van der Waals surface area (Å²) < 4.78 is 1.58. The summed E-state index contributed by atoms with van der Waals surface area (Å²) in [5, 5.41) is 7.73.